The number of carboxylic acid groups (broad SMARTS) is 1. The molecule has 0 radical (unpaired) electrons. The van der Waals surface area contributed by atoms with Crippen molar-refractivity contribution in [2.75, 3.05) is 18.5 Å². The van der Waals surface area contributed by atoms with Gasteiger partial charge in [0.15, 0.2) is 0 Å². The summed E-state index contributed by atoms with van der Waals surface area (Å²) in [4.78, 5) is 12.7. The third-order valence-electron chi connectivity index (χ3n) is 3.11. The molecule has 0 heterocycles. The van der Waals surface area contributed by atoms with Crippen LogP contribution in [-0.4, -0.2) is 24.7 Å². The molecule has 1 N–H and O–H groups in total. The van der Waals surface area contributed by atoms with Gasteiger partial charge in [-0.25, -0.2) is 0 Å². The van der Waals surface area contributed by atoms with Crippen molar-refractivity contribution in [2.45, 2.75) is 33.1 Å². The van der Waals surface area contributed by atoms with Crippen LogP contribution in [0.25, 0.3) is 0 Å². The van der Waals surface area contributed by atoms with E-state index in [1.165, 1.54) is 5.56 Å². The molecule has 18 heavy (non-hydrogen) atoms. The smallest absolute Gasteiger partial charge is 0.303 e. The molecule has 0 aliphatic heterocycles. The molecule has 0 aromatic heterocycles. The molecule has 1 unspecified atom stereocenters. The molecule has 0 bridgehead atoms. The molecule has 0 aliphatic rings. The van der Waals surface area contributed by atoms with Gasteiger partial charge in [-0.3, -0.25) is 4.79 Å². The van der Waals surface area contributed by atoms with E-state index in [4.69, 9.17) is 5.11 Å². The van der Waals surface area contributed by atoms with E-state index in [1.54, 1.807) is 0 Å². The maximum atomic E-state index is 10.6. The lowest BCUT2D eigenvalue weighted by Crippen LogP contribution is -2.25. The highest BCUT2D eigenvalue weighted by Crippen LogP contribution is 2.20. The first kappa shape index (κ1) is 14.6. The van der Waals surface area contributed by atoms with Gasteiger partial charge < -0.3 is 10.0 Å². The van der Waals surface area contributed by atoms with Crippen molar-refractivity contribution in [3.63, 3.8) is 0 Å². The zero-order valence-corrected chi connectivity index (χ0v) is 11.7. The van der Waals surface area contributed by atoms with Crippen LogP contribution in [0, 0.1) is 5.92 Å². The topological polar surface area (TPSA) is 40.5 Å². The standard InChI is InChI=1S/C15H23NO2/c1-11(2)13-5-7-14(8-6-13)16(4)10-12(3)9-15(17)18/h5-8,11-12H,9-10H2,1-4H3,(H,17,18). The fraction of sp³-hybridized carbons (Fsp3) is 0.533. The van der Waals surface area contributed by atoms with Crippen LogP contribution in [0.15, 0.2) is 24.3 Å². The second-order valence-electron chi connectivity index (χ2n) is 5.33. The summed E-state index contributed by atoms with van der Waals surface area (Å²) in [6, 6.07) is 8.47. The van der Waals surface area contributed by atoms with E-state index >= 15 is 0 Å². The first-order chi connectivity index (χ1) is 8.40. The van der Waals surface area contributed by atoms with Crippen LogP contribution in [0.1, 0.15) is 38.7 Å². The van der Waals surface area contributed by atoms with Gasteiger partial charge in [-0.2, -0.15) is 0 Å². The van der Waals surface area contributed by atoms with Crippen molar-refractivity contribution in [3.8, 4) is 0 Å². The van der Waals surface area contributed by atoms with Gasteiger partial charge in [0.25, 0.3) is 0 Å². The van der Waals surface area contributed by atoms with Crippen molar-refractivity contribution >= 4 is 11.7 Å². The maximum Gasteiger partial charge on any atom is 0.303 e. The zero-order chi connectivity index (χ0) is 13.7. The van der Waals surface area contributed by atoms with E-state index in [0.717, 1.165) is 12.2 Å². The van der Waals surface area contributed by atoms with Crippen LogP contribution in [0.2, 0.25) is 0 Å². The Morgan fingerprint density at radius 3 is 2.22 bits per heavy atom. The average molecular weight is 249 g/mol. The minimum absolute atomic E-state index is 0.150. The van der Waals surface area contributed by atoms with Crippen molar-refractivity contribution in [1.82, 2.24) is 0 Å². The fourth-order valence-corrected chi connectivity index (χ4v) is 2.05. The van der Waals surface area contributed by atoms with Crippen molar-refractivity contribution in [1.29, 1.82) is 0 Å². The molecule has 0 saturated heterocycles. The number of carboxylic acids is 1. The Morgan fingerprint density at radius 1 is 1.22 bits per heavy atom. The molecule has 0 fully saturated rings. The number of hydrogen-bond acceptors (Lipinski definition) is 2. The summed E-state index contributed by atoms with van der Waals surface area (Å²) in [7, 11) is 2.00. The van der Waals surface area contributed by atoms with Gasteiger partial charge >= 0.3 is 5.97 Å². The highest BCUT2D eigenvalue weighted by molar-refractivity contribution is 5.67. The SMILES string of the molecule is CC(CC(=O)O)CN(C)c1ccc(C(C)C)cc1. The van der Waals surface area contributed by atoms with Crippen LogP contribution >= 0.6 is 0 Å². The van der Waals surface area contributed by atoms with E-state index < -0.39 is 5.97 Å². The predicted octanol–water partition coefficient (Wildman–Crippen LogP) is 3.36. The highest BCUT2D eigenvalue weighted by Gasteiger charge is 2.11. The molecule has 0 amide bonds. The second kappa shape index (κ2) is 6.43. The van der Waals surface area contributed by atoms with E-state index in [0.29, 0.717) is 5.92 Å². The molecule has 3 nitrogen and oxygen atoms in total. The van der Waals surface area contributed by atoms with Gasteiger partial charge in [0.2, 0.25) is 0 Å². The molecule has 1 atom stereocenters. The minimum Gasteiger partial charge on any atom is -0.481 e. The number of carbonyl (C=O) groups is 1. The maximum absolute atomic E-state index is 10.6. The van der Waals surface area contributed by atoms with Gasteiger partial charge in [0.1, 0.15) is 0 Å². The second-order valence-corrected chi connectivity index (χ2v) is 5.33. The fourth-order valence-electron chi connectivity index (χ4n) is 2.05. The molecule has 0 aliphatic carbocycles. The first-order valence-corrected chi connectivity index (χ1v) is 6.43. The number of hydrogen-bond donors (Lipinski definition) is 1. The predicted molar refractivity (Wildman–Crippen MR) is 75.2 cm³/mol. The van der Waals surface area contributed by atoms with E-state index in [-0.39, 0.29) is 12.3 Å². The molecule has 3 heteroatoms. The third-order valence-corrected chi connectivity index (χ3v) is 3.11. The number of benzene rings is 1. The third kappa shape index (κ3) is 4.40. The van der Waals surface area contributed by atoms with Crippen molar-refractivity contribution in [2.24, 2.45) is 5.92 Å². The summed E-state index contributed by atoms with van der Waals surface area (Å²) >= 11 is 0. The molecule has 0 spiro atoms. The van der Waals surface area contributed by atoms with Crippen LogP contribution in [0.5, 0.6) is 0 Å². The summed E-state index contributed by atoms with van der Waals surface area (Å²) in [6.07, 6.45) is 0.217. The van der Waals surface area contributed by atoms with Crippen LogP contribution in [0.3, 0.4) is 0 Å². The Bertz CT molecular complexity index is 384. The summed E-state index contributed by atoms with van der Waals surface area (Å²) < 4.78 is 0. The van der Waals surface area contributed by atoms with Crippen LogP contribution < -0.4 is 4.90 Å². The van der Waals surface area contributed by atoms with Crippen LogP contribution in [-0.2, 0) is 4.79 Å². The number of nitrogens with zero attached hydrogens (tertiary/aromatic N) is 1. The Morgan fingerprint density at radius 2 is 1.78 bits per heavy atom. The molecule has 100 valence electrons. The quantitative estimate of drug-likeness (QED) is 0.840. The van der Waals surface area contributed by atoms with E-state index in [1.807, 2.05) is 14.0 Å². The lowest BCUT2D eigenvalue weighted by Gasteiger charge is -2.23. The van der Waals surface area contributed by atoms with Gasteiger partial charge in [-0.15, -0.1) is 0 Å². The zero-order valence-electron chi connectivity index (χ0n) is 11.7. The minimum atomic E-state index is -0.731. The molecular formula is C15H23NO2. The molecule has 1 aromatic carbocycles. The monoisotopic (exact) mass is 249 g/mol. The van der Waals surface area contributed by atoms with E-state index in [2.05, 4.69) is 43.0 Å². The molecule has 1 aromatic rings. The Kier molecular flexibility index (Phi) is 5.20. The largest absolute Gasteiger partial charge is 0.481 e. The summed E-state index contributed by atoms with van der Waals surface area (Å²) in [5.74, 6) is -0.0429. The normalized spacial score (nSPS) is 12.5. The Balaban J connectivity index is 2.61. The molecule has 1 rings (SSSR count). The van der Waals surface area contributed by atoms with Crippen molar-refractivity contribution in [3.05, 3.63) is 29.8 Å². The number of rotatable bonds is 6. The average Bonchev–Trinajstić information content (AvgIpc) is 2.27. The summed E-state index contributed by atoms with van der Waals surface area (Å²) in [6.45, 7) is 7.07. The van der Waals surface area contributed by atoms with Gasteiger partial charge in [0, 0.05) is 25.7 Å². The highest BCUT2D eigenvalue weighted by atomic mass is 16.4. The molecule has 0 saturated carbocycles. The Labute approximate surface area is 109 Å². The first-order valence-electron chi connectivity index (χ1n) is 6.43. The number of anilines is 1. The summed E-state index contributed by atoms with van der Waals surface area (Å²) in [5.41, 5.74) is 2.46. The summed E-state index contributed by atoms with van der Waals surface area (Å²) in [5, 5.41) is 8.75. The van der Waals surface area contributed by atoms with Crippen LogP contribution in [0.4, 0.5) is 5.69 Å². The van der Waals surface area contributed by atoms with Gasteiger partial charge in [0.05, 0.1) is 0 Å². The van der Waals surface area contributed by atoms with E-state index in [9.17, 15) is 4.79 Å². The Hall–Kier alpha value is -1.51. The number of aliphatic carboxylic acids is 1. The molecular weight excluding hydrogens is 226 g/mol. The van der Waals surface area contributed by atoms with Crippen molar-refractivity contribution < 1.29 is 9.90 Å². The lowest BCUT2D eigenvalue weighted by molar-refractivity contribution is -0.137. The lowest BCUT2D eigenvalue weighted by atomic mass is 10.0. The van der Waals surface area contributed by atoms with Gasteiger partial charge in [-0.05, 0) is 29.5 Å². The van der Waals surface area contributed by atoms with Gasteiger partial charge in [-0.1, -0.05) is 32.9 Å².